The van der Waals surface area contributed by atoms with Gasteiger partial charge in [0.25, 0.3) is 0 Å². The van der Waals surface area contributed by atoms with Crippen molar-refractivity contribution >= 4 is 18.2 Å². The van der Waals surface area contributed by atoms with Crippen LogP contribution in [0.15, 0.2) is 0 Å². The molecule has 0 rings (SSSR count). The average molecular weight is 188 g/mol. The monoisotopic (exact) mass is 188 g/mol. The zero-order valence-electron chi connectivity index (χ0n) is 7.03. The van der Waals surface area contributed by atoms with Gasteiger partial charge in [-0.05, 0) is 6.42 Å². The summed E-state index contributed by atoms with van der Waals surface area (Å²) in [6, 6.07) is -0.865. The van der Waals surface area contributed by atoms with Crippen LogP contribution in [-0.2, 0) is 14.4 Å². The Balaban J connectivity index is 3.68. The molecule has 0 unspecified atom stereocenters. The van der Waals surface area contributed by atoms with Crippen molar-refractivity contribution in [2.24, 2.45) is 5.73 Å². The molecule has 0 fully saturated rings. The van der Waals surface area contributed by atoms with E-state index in [1.165, 1.54) is 0 Å². The number of nitrogens with two attached hydrogens (primary N) is 1. The molecule has 0 aromatic carbocycles. The minimum absolute atomic E-state index is 0.0695. The van der Waals surface area contributed by atoms with Crippen LogP contribution in [-0.4, -0.2) is 35.9 Å². The Morgan fingerprint density at radius 1 is 1.54 bits per heavy atom. The van der Waals surface area contributed by atoms with E-state index in [4.69, 9.17) is 10.8 Å². The molecule has 6 heteroatoms. The number of hydrogen-bond acceptors (Lipinski definition) is 4. The number of aldehydes is 1. The molecular formula is C7H12N2O4. The third-order valence-corrected chi connectivity index (χ3v) is 1.37. The maximum Gasteiger partial charge on any atom is 0.303 e. The Morgan fingerprint density at radius 3 is 2.62 bits per heavy atom. The molecular weight excluding hydrogens is 176 g/mol. The Morgan fingerprint density at radius 2 is 2.15 bits per heavy atom. The second-order valence-electron chi connectivity index (χ2n) is 2.45. The molecule has 6 nitrogen and oxygen atoms in total. The predicted octanol–water partition coefficient (Wildman–Crippen LogP) is -1.51. The molecule has 0 aromatic heterocycles. The molecule has 74 valence electrons. The fourth-order valence-corrected chi connectivity index (χ4v) is 0.683. The van der Waals surface area contributed by atoms with Gasteiger partial charge in [0.1, 0.15) is 6.29 Å². The van der Waals surface area contributed by atoms with Crippen molar-refractivity contribution in [2.45, 2.75) is 18.9 Å². The van der Waals surface area contributed by atoms with Gasteiger partial charge in [-0.1, -0.05) is 0 Å². The number of nitrogens with one attached hydrogen (secondary N) is 1. The fourth-order valence-electron chi connectivity index (χ4n) is 0.683. The number of rotatable bonds is 6. The van der Waals surface area contributed by atoms with Crippen LogP contribution in [0.3, 0.4) is 0 Å². The first kappa shape index (κ1) is 11.6. The molecule has 0 heterocycles. The van der Waals surface area contributed by atoms with Crippen LogP contribution in [0, 0.1) is 0 Å². The Labute approximate surface area is 75.1 Å². The Hall–Kier alpha value is -1.43. The van der Waals surface area contributed by atoms with Gasteiger partial charge in [0.15, 0.2) is 0 Å². The number of carboxylic acids is 1. The molecule has 0 saturated carbocycles. The molecule has 0 aliphatic rings. The summed E-state index contributed by atoms with van der Waals surface area (Å²) in [5, 5.41) is 10.5. The van der Waals surface area contributed by atoms with E-state index in [0.29, 0.717) is 6.29 Å². The van der Waals surface area contributed by atoms with Crippen LogP contribution >= 0.6 is 0 Å². The van der Waals surface area contributed by atoms with Gasteiger partial charge in [-0.15, -0.1) is 0 Å². The Bertz CT molecular complexity index is 205. The number of carboxylic acid groups (broad SMARTS) is 1. The minimum atomic E-state index is -1.00. The molecule has 0 spiro atoms. The summed E-state index contributed by atoms with van der Waals surface area (Å²) in [6.07, 6.45) is 0.442. The van der Waals surface area contributed by atoms with E-state index in [1.54, 1.807) is 0 Å². The topological polar surface area (TPSA) is 109 Å². The maximum atomic E-state index is 10.9. The van der Waals surface area contributed by atoms with Gasteiger partial charge >= 0.3 is 5.97 Å². The van der Waals surface area contributed by atoms with E-state index in [9.17, 15) is 14.4 Å². The molecule has 4 N–H and O–H groups in total. The van der Waals surface area contributed by atoms with Crippen molar-refractivity contribution in [3.63, 3.8) is 0 Å². The van der Waals surface area contributed by atoms with E-state index in [2.05, 4.69) is 5.32 Å². The third-order valence-electron chi connectivity index (χ3n) is 1.37. The predicted molar refractivity (Wildman–Crippen MR) is 43.9 cm³/mol. The number of amides is 1. The lowest BCUT2D eigenvalue weighted by Gasteiger charge is -2.08. The highest BCUT2D eigenvalue weighted by Gasteiger charge is 2.13. The molecule has 0 aromatic rings. The van der Waals surface area contributed by atoms with Crippen LogP contribution in [0.2, 0.25) is 0 Å². The first-order chi connectivity index (χ1) is 6.07. The summed E-state index contributed by atoms with van der Waals surface area (Å²) in [4.78, 5) is 30.9. The van der Waals surface area contributed by atoms with Crippen LogP contribution in [0.1, 0.15) is 12.8 Å². The van der Waals surface area contributed by atoms with Gasteiger partial charge in [0.2, 0.25) is 5.91 Å². The van der Waals surface area contributed by atoms with Gasteiger partial charge in [-0.3, -0.25) is 9.59 Å². The second-order valence-corrected chi connectivity index (χ2v) is 2.45. The van der Waals surface area contributed by atoms with Crippen LogP contribution < -0.4 is 11.1 Å². The second kappa shape index (κ2) is 6.13. The molecule has 1 atom stereocenters. The molecule has 0 aliphatic carbocycles. The summed E-state index contributed by atoms with van der Waals surface area (Å²) in [5.41, 5.74) is 5.31. The molecule has 0 aliphatic heterocycles. The highest BCUT2D eigenvalue weighted by atomic mass is 16.4. The van der Waals surface area contributed by atoms with Crippen LogP contribution in [0.25, 0.3) is 0 Å². The average Bonchev–Trinajstić information content (AvgIpc) is 2.10. The van der Waals surface area contributed by atoms with Crippen molar-refractivity contribution in [1.82, 2.24) is 5.32 Å². The van der Waals surface area contributed by atoms with Gasteiger partial charge in [0.05, 0.1) is 12.6 Å². The maximum absolute atomic E-state index is 10.9. The van der Waals surface area contributed by atoms with Gasteiger partial charge < -0.3 is 21.0 Å². The molecule has 0 radical (unpaired) electrons. The number of hydrogen-bond donors (Lipinski definition) is 3. The molecule has 1 amide bonds. The molecule has 0 saturated heterocycles. The van der Waals surface area contributed by atoms with Crippen molar-refractivity contribution in [1.29, 1.82) is 0 Å². The third kappa shape index (κ3) is 5.80. The van der Waals surface area contributed by atoms with Crippen LogP contribution in [0.4, 0.5) is 0 Å². The first-order valence-electron chi connectivity index (χ1n) is 3.76. The largest absolute Gasteiger partial charge is 0.481 e. The zero-order chi connectivity index (χ0) is 10.3. The van der Waals surface area contributed by atoms with Crippen molar-refractivity contribution < 1.29 is 19.5 Å². The summed E-state index contributed by atoms with van der Waals surface area (Å²) >= 11 is 0. The van der Waals surface area contributed by atoms with Crippen molar-refractivity contribution in [3.8, 4) is 0 Å². The lowest BCUT2D eigenvalue weighted by Crippen LogP contribution is -2.41. The van der Waals surface area contributed by atoms with E-state index in [0.717, 1.165) is 0 Å². The highest BCUT2D eigenvalue weighted by Crippen LogP contribution is 1.93. The van der Waals surface area contributed by atoms with E-state index in [-0.39, 0.29) is 19.4 Å². The standard InChI is InChI=1S/C7H12N2O4/c8-5(1-2-6(11)12)7(13)9-3-4-10/h4-5H,1-3,8H2,(H,9,13)(H,11,12)/t5-/m1/s1. The quantitative estimate of drug-likeness (QED) is 0.439. The van der Waals surface area contributed by atoms with Crippen molar-refractivity contribution in [3.05, 3.63) is 0 Å². The molecule has 0 bridgehead atoms. The number of carbonyl (C=O) groups excluding carboxylic acids is 2. The number of carbonyl (C=O) groups is 3. The summed E-state index contributed by atoms with van der Waals surface area (Å²) in [6.45, 7) is -0.0976. The van der Waals surface area contributed by atoms with Crippen LogP contribution in [0.5, 0.6) is 0 Å². The smallest absolute Gasteiger partial charge is 0.303 e. The van der Waals surface area contributed by atoms with E-state index in [1.807, 2.05) is 0 Å². The normalized spacial score (nSPS) is 11.8. The lowest BCUT2D eigenvalue weighted by atomic mass is 10.1. The summed E-state index contributed by atoms with van der Waals surface area (Å²) in [7, 11) is 0. The Kier molecular flexibility index (Phi) is 5.45. The SMILES string of the molecule is N[C@H](CCC(=O)O)C(=O)NCC=O. The van der Waals surface area contributed by atoms with E-state index >= 15 is 0 Å². The van der Waals surface area contributed by atoms with Gasteiger partial charge in [-0.2, -0.15) is 0 Å². The minimum Gasteiger partial charge on any atom is -0.481 e. The fraction of sp³-hybridized carbons (Fsp3) is 0.571. The summed E-state index contributed by atoms with van der Waals surface area (Å²) in [5.74, 6) is -1.51. The van der Waals surface area contributed by atoms with Gasteiger partial charge in [-0.25, -0.2) is 0 Å². The molecule has 13 heavy (non-hydrogen) atoms. The van der Waals surface area contributed by atoms with Crippen molar-refractivity contribution in [2.75, 3.05) is 6.54 Å². The number of aliphatic carboxylic acids is 1. The highest BCUT2D eigenvalue weighted by molar-refractivity contribution is 5.83. The summed E-state index contributed by atoms with van der Waals surface area (Å²) < 4.78 is 0. The van der Waals surface area contributed by atoms with Gasteiger partial charge in [0, 0.05) is 6.42 Å². The first-order valence-corrected chi connectivity index (χ1v) is 3.76. The van der Waals surface area contributed by atoms with E-state index < -0.39 is 17.9 Å². The zero-order valence-corrected chi connectivity index (χ0v) is 7.03. The lowest BCUT2D eigenvalue weighted by molar-refractivity contribution is -0.137.